The van der Waals surface area contributed by atoms with Crippen LogP contribution in [-0.4, -0.2) is 42.4 Å². The van der Waals surface area contributed by atoms with Gasteiger partial charge in [0.25, 0.3) is 0 Å². The summed E-state index contributed by atoms with van der Waals surface area (Å²) in [4.78, 5) is 0. The quantitative estimate of drug-likeness (QED) is 0.0492. The Kier molecular flexibility index (Phi) is 36.1. The van der Waals surface area contributed by atoms with Crippen molar-refractivity contribution in [2.75, 3.05) is 32.8 Å². The fraction of sp³-hybridized carbons (Fsp3) is 0.600. The molecule has 63 heavy (non-hydrogen) atoms. The molecule has 0 bridgehead atoms. The molecule has 0 amide bonds. The maximum absolute atomic E-state index is 9.01. The van der Waals surface area contributed by atoms with Gasteiger partial charge in [-0.05, 0) is 122 Å². The largest absolute Gasteiger partial charge is 1.00 e. The Morgan fingerprint density at radius 1 is 0.381 bits per heavy atom. The van der Waals surface area contributed by atoms with Crippen LogP contribution < -0.4 is 4.70 Å². The van der Waals surface area contributed by atoms with Gasteiger partial charge in [0.05, 0.1) is 26.2 Å². The van der Waals surface area contributed by atoms with Crippen LogP contribution in [0.2, 0.25) is 0 Å². The first-order chi connectivity index (χ1) is 30.1. The number of benzene rings is 4. The molecule has 4 aromatic rings. The van der Waals surface area contributed by atoms with Gasteiger partial charge in [0.1, 0.15) is 0 Å². The van der Waals surface area contributed by atoms with E-state index in [1.807, 2.05) is 0 Å². The highest BCUT2D eigenvalue weighted by Gasteiger charge is 2.24. The Labute approximate surface area is 390 Å². The zero-order valence-electron chi connectivity index (χ0n) is 42.8. The maximum Gasteiger partial charge on any atom is 0.0786 e. The summed E-state index contributed by atoms with van der Waals surface area (Å²) in [5.74, 6) is 3.24. The molecule has 0 aliphatic rings. The lowest BCUT2D eigenvalue weighted by atomic mass is 9.83. The van der Waals surface area contributed by atoms with Gasteiger partial charge in [0.2, 0.25) is 0 Å². The molecule has 0 fully saturated rings. The average Bonchev–Trinajstić information content (AvgIpc) is 3.34. The monoisotopic (exact) mass is 868 g/mol. The highest BCUT2D eigenvalue weighted by molar-refractivity contribution is 5.27. The van der Waals surface area contributed by atoms with E-state index in [9.17, 15) is 0 Å². The van der Waals surface area contributed by atoms with Gasteiger partial charge < -0.3 is 14.3 Å². The van der Waals surface area contributed by atoms with Crippen LogP contribution in [0.1, 0.15) is 230 Å². The molecule has 4 rings (SSSR count). The Morgan fingerprint density at radius 2 is 0.683 bits per heavy atom. The van der Waals surface area contributed by atoms with Gasteiger partial charge >= 0.3 is 0 Å². The van der Waals surface area contributed by atoms with Crippen LogP contribution in [0.4, 0.5) is 0 Å². The highest BCUT2D eigenvalue weighted by Crippen LogP contribution is 2.33. The van der Waals surface area contributed by atoms with Crippen molar-refractivity contribution in [3.05, 3.63) is 143 Å². The van der Waals surface area contributed by atoms with Gasteiger partial charge in [-0.1, -0.05) is 224 Å². The number of hydrogen-bond acceptors (Lipinski definition) is 1. The fourth-order valence-electron chi connectivity index (χ4n) is 8.28. The second-order valence-corrected chi connectivity index (χ2v) is 18.5. The third-order valence-corrected chi connectivity index (χ3v) is 13.5. The number of aliphatic hydroxyl groups excluding tert-OH is 1. The van der Waals surface area contributed by atoms with Gasteiger partial charge in [0, 0.05) is 6.61 Å². The van der Waals surface area contributed by atoms with E-state index in [0.29, 0.717) is 36.2 Å². The van der Waals surface area contributed by atoms with Crippen LogP contribution in [0.25, 0.3) is 0 Å². The first-order valence-electron chi connectivity index (χ1n) is 25.8. The smallest absolute Gasteiger partial charge is 0.0786 e. The lowest BCUT2D eigenvalue weighted by Gasteiger charge is -2.39. The number of nitrogens with zero attached hydrogens (tertiary/aromatic N) is 1. The van der Waals surface area contributed by atoms with E-state index >= 15 is 0 Å². The molecule has 5 atom stereocenters. The predicted octanol–water partition coefficient (Wildman–Crippen LogP) is 15.0. The molecule has 0 spiro atoms. The zero-order chi connectivity index (χ0) is 45.9. The first kappa shape index (κ1) is 59.7. The summed E-state index contributed by atoms with van der Waals surface area (Å²) in [5, 5.41) is 9.01. The lowest BCUT2D eigenvalue weighted by molar-refractivity contribution is -0.929. The Balaban J connectivity index is 0.000000835. The van der Waals surface area contributed by atoms with E-state index in [-0.39, 0.29) is 4.70 Å². The molecule has 0 aromatic heterocycles. The summed E-state index contributed by atoms with van der Waals surface area (Å²) in [6, 6.07) is 41.4. The van der Waals surface area contributed by atoms with Crippen molar-refractivity contribution in [2.45, 2.75) is 202 Å². The second kappa shape index (κ2) is 38.0. The van der Waals surface area contributed by atoms with Crippen molar-refractivity contribution in [1.82, 2.24) is 0 Å². The van der Waals surface area contributed by atoms with Crippen molar-refractivity contribution < 1.29 is 14.3 Å². The normalized spacial score (nSPS) is 13.3. The SMILES string of the molecule is CC(CC(CCCCO)c1ccccc1)c1ccccc1.CCC(C)c1ccc(C(C)CC)cc1.CCC(C)c1ccccc1.CCCC[N+](CCCC)(CCCC)CCCC.[F-]. The third kappa shape index (κ3) is 25.7. The molecule has 0 saturated heterocycles. The summed E-state index contributed by atoms with van der Waals surface area (Å²) in [6.45, 7) is 31.2. The summed E-state index contributed by atoms with van der Waals surface area (Å²) in [5.41, 5.74) is 7.24. The van der Waals surface area contributed by atoms with E-state index in [0.717, 1.165) is 19.3 Å². The molecule has 0 radical (unpaired) electrons. The molecule has 0 aliphatic heterocycles. The fourth-order valence-corrected chi connectivity index (χ4v) is 8.28. The van der Waals surface area contributed by atoms with Crippen LogP contribution in [0.5, 0.6) is 0 Å². The van der Waals surface area contributed by atoms with Crippen LogP contribution in [-0.2, 0) is 0 Å². The minimum absolute atomic E-state index is 0. The van der Waals surface area contributed by atoms with Crippen molar-refractivity contribution in [3.8, 4) is 0 Å². The molecular weight excluding hydrogens is 770 g/mol. The number of aliphatic hydroxyl groups is 1. The average molecular weight is 868 g/mol. The van der Waals surface area contributed by atoms with Crippen molar-refractivity contribution in [3.63, 3.8) is 0 Å². The number of halogens is 1. The molecule has 0 aliphatic carbocycles. The van der Waals surface area contributed by atoms with E-state index in [1.54, 1.807) is 0 Å². The number of quaternary nitrogens is 1. The van der Waals surface area contributed by atoms with Gasteiger partial charge in [0.15, 0.2) is 0 Å². The van der Waals surface area contributed by atoms with E-state index < -0.39 is 0 Å². The first-order valence-corrected chi connectivity index (χ1v) is 25.8. The summed E-state index contributed by atoms with van der Waals surface area (Å²) in [7, 11) is 0. The minimum atomic E-state index is 0. The summed E-state index contributed by atoms with van der Waals surface area (Å²) >= 11 is 0. The minimum Gasteiger partial charge on any atom is -1.00 e. The Bertz CT molecular complexity index is 1480. The lowest BCUT2D eigenvalue weighted by Crippen LogP contribution is -3.00. The van der Waals surface area contributed by atoms with E-state index in [2.05, 4.69) is 191 Å². The molecule has 356 valence electrons. The van der Waals surface area contributed by atoms with Crippen molar-refractivity contribution in [2.24, 2.45) is 0 Å². The van der Waals surface area contributed by atoms with Crippen LogP contribution in [0.3, 0.4) is 0 Å². The molecule has 3 heteroatoms. The second-order valence-electron chi connectivity index (χ2n) is 18.5. The van der Waals surface area contributed by atoms with Gasteiger partial charge in [-0.2, -0.15) is 0 Å². The summed E-state index contributed by atoms with van der Waals surface area (Å²) in [6.07, 6.45) is 19.1. The van der Waals surface area contributed by atoms with Gasteiger partial charge in [-0.15, -0.1) is 0 Å². The Hall–Kier alpha value is -3.27. The zero-order valence-corrected chi connectivity index (χ0v) is 42.8. The van der Waals surface area contributed by atoms with E-state index in [4.69, 9.17) is 5.11 Å². The molecule has 2 nitrogen and oxygen atoms in total. The maximum atomic E-state index is 9.01. The number of hydrogen-bond donors (Lipinski definition) is 1. The Morgan fingerprint density at radius 3 is 0.984 bits per heavy atom. The highest BCUT2D eigenvalue weighted by atomic mass is 19.0. The van der Waals surface area contributed by atoms with Crippen molar-refractivity contribution in [1.29, 1.82) is 0 Å². The molecular formula is C60H98FNO. The third-order valence-electron chi connectivity index (χ3n) is 13.5. The number of rotatable bonds is 26. The van der Waals surface area contributed by atoms with Crippen LogP contribution in [0, 0.1) is 0 Å². The van der Waals surface area contributed by atoms with Crippen molar-refractivity contribution >= 4 is 0 Å². The van der Waals surface area contributed by atoms with Crippen LogP contribution in [0.15, 0.2) is 115 Å². The van der Waals surface area contributed by atoms with E-state index in [1.165, 1.54) is 136 Å². The summed E-state index contributed by atoms with van der Waals surface area (Å²) < 4.78 is 1.42. The predicted molar refractivity (Wildman–Crippen MR) is 278 cm³/mol. The molecule has 4 aromatic carbocycles. The molecule has 0 saturated carbocycles. The van der Waals surface area contributed by atoms with Gasteiger partial charge in [-0.25, -0.2) is 0 Å². The molecule has 1 N–H and O–H groups in total. The molecule has 5 unspecified atom stereocenters. The standard InChI is InChI=1S/C20H26O.C16H36N.C14H22.C10H14.FH/c1-17(18-10-4-2-5-11-18)16-20(14-8-9-15-21)19-12-6-3-7-13-19;1-5-9-13-17(14-10-6-2,15-11-7-3)16-12-8-4;1-5-11(3)13-7-9-14(10-8-13)12(4)6-2;1-3-9(2)10-7-5-4-6-8-10;/h2-7,10-13,17,20-21H,8-9,14-16H2,1H3;5-16H2,1-4H3;7-12H,5-6H2,1-4H3;4-9H,3H2,1-2H3;1H/q;+1;;;/p-1. The van der Waals surface area contributed by atoms with Crippen LogP contribution >= 0.6 is 0 Å². The molecule has 0 heterocycles. The van der Waals surface area contributed by atoms with Gasteiger partial charge in [-0.3, -0.25) is 0 Å². The number of unbranched alkanes of at least 4 members (excludes halogenated alkanes) is 5. The topological polar surface area (TPSA) is 20.2 Å².